The van der Waals surface area contributed by atoms with Crippen LogP contribution in [0.3, 0.4) is 0 Å². The van der Waals surface area contributed by atoms with Crippen molar-refractivity contribution in [3.63, 3.8) is 0 Å². The zero-order valence-electron chi connectivity index (χ0n) is 23.9. The molecule has 0 aliphatic carbocycles. The van der Waals surface area contributed by atoms with E-state index < -0.39 is 53.6 Å². The Bertz CT molecular complexity index is 975. The molecule has 39 heavy (non-hydrogen) atoms. The molecule has 0 radical (unpaired) electrons. The minimum atomic E-state index is -1.25. The summed E-state index contributed by atoms with van der Waals surface area (Å²) in [5, 5.41) is 17.2. The van der Waals surface area contributed by atoms with Crippen molar-refractivity contribution in [2.24, 2.45) is 11.8 Å². The molecule has 0 aliphatic heterocycles. The maximum atomic E-state index is 13.2. The molecule has 218 valence electrons. The maximum Gasteiger partial charge on any atom is 0.408 e. The summed E-state index contributed by atoms with van der Waals surface area (Å²) in [6, 6.07) is 5.53. The van der Waals surface area contributed by atoms with Crippen LogP contribution in [0.1, 0.15) is 73.3 Å². The summed E-state index contributed by atoms with van der Waals surface area (Å²) in [6.45, 7) is 12.0. The summed E-state index contributed by atoms with van der Waals surface area (Å²) in [5.74, 6) is -3.98. The molecular formula is C28H43N3O8. The minimum Gasteiger partial charge on any atom is -0.480 e. The van der Waals surface area contributed by atoms with E-state index in [2.05, 4.69) is 16.0 Å². The van der Waals surface area contributed by atoms with E-state index in [1.807, 2.05) is 6.07 Å². The first-order chi connectivity index (χ1) is 18.1. The lowest BCUT2D eigenvalue weighted by Gasteiger charge is -2.27. The molecule has 0 aromatic heterocycles. The van der Waals surface area contributed by atoms with Crippen LogP contribution in [-0.4, -0.2) is 58.7 Å². The fourth-order valence-corrected chi connectivity index (χ4v) is 3.55. The van der Waals surface area contributed by atoms with Gasteiger partial charge < -0.3 is 30.5 Å². The third kappa shape index (κ3) is 12.6. The van der Waals surface area contributed by atoms with Gasteiger partial charge in [0.2, 0.25) is 11.8 Å². The Hall–Kier alpha value is -3.63. The number of aliphatic carboxylic acids is 1. The summed E-state index contributed by atoms with van der Waals surface area (Å²) < 4.78 is 10.5. The van der Waals surface area contributed by atoms with E-state index in [1.165, 1.54) is 0 Å². The Morgan fingerprint density at radius 1 is 0.897 bits per heavy atom. The zero-order valence-corrected chi connectivity index (χ0v) is 23.9. The first-order valence-electron chi connectivity index (χ1n) is 13.2. The van der Waals surface area contributed by atoms with Gasteiger partial charge in [0, 0.05) is 6.42 Å². The predicted octanol–water partition coefficient (Wildman–Crippen LogP) is 3.16. The zero-order chi connectivity index (χ0) is 29.8. The van der Waals surface area contributed by atoms with Crippen LogP contribution in [0.25, 0.3) is 0 Å². The van der Waals surface area contributed by atoms with Gasteiger partial charge in [-0.15, -0.1) is 0 Å². The van der Waals surface area contributed by atoms with E-state index in [4.69, 9.17) is 9.47 Å². The van der Waals surface area contributed by atoms with Gasteiger partial charge in [-0.2, -0.15) is 0 Å². The highest BCUT2D eigenvalue weighted by Crippen LogP contribution is 2.13. The third-order valence-electron chi connectivity index (χ3n) is 5.90. The number of carboxylic acid groups (broad SMARTS) is 1. The maximum absolute atomic E-state index is 13.2. The van der Waals surface area contributed by atoms with Crippen molar-refractivity contribution < 1.29 is 38.6 Å². The molecule has 1 aromatic rings. The SMILES string of the molecule is CCC(C)[C@H](NC(=O)[C@H](CCC(=O)OC(C)(C)C)NC(=O)[C@@H](NC(=O)OCc1ccccc1)C(C)C)C(=O)O. The smallest absolute Gasteiger partial charge is 0.408 e. The predicted molar refractivity (Wildman–Crippen MR) is 144 cm³/mol. The van der Waals surface area contributed by atoms with E-state index in [-0.39, 0.29) is 31.3 Å². The largest absolute Gasteiger partial charge is 0.480 e. The minimum absolute atomic E-state index is 0.00617. The number of esters is 1. The number of nitrogens with one attached hydrogen (secondary N) is 3. The molecule has 1 unspecified atom stereocenters. The van der Waals surface area contributed by atoms with Gasteiger partial charge in [0.15, 0.2) is 0 Å². The molecule has 11 heteroatoms. The molecule has 0 heterocycles. The fourth-order valence-electron chi connectivity index (χ4n) is 3.55. The molecule has 0 bridgehead atoms. The van der Waals surface area contributed by atoms with E-state index in [9.17, 15) is 29.1 Å². The van der Waals surface area contributed by atoms with Crippen LogP contribution in [0, 0.1) is 11.8 Å². The fraction of sp³-hybridized carbons (Fsp3) is 0.607. The summed E-state index contributed by atoms with van der Waals surface area (Å²) >= 11 is 0. The van der Waals surface area contributed by atoms with Crippen molar-refractivity contribution >= 4 is 29.8 Å². The second-order valence-electron chi connectivity index (χ2n) is 10.8. The van der Waals surface area contributed by atoms with Gasteiger partial charge in [0.25, 0.3) is 0 Å². The Kier molecular flexibility index (Phi) is 13.4. The van der Waals surface area contributed by atoms with E-state index >= 15 is 0 Å². The molecule has 4 atom stereocenters. The average molecular weight is 550 g/mol. The van der Waals surface area contributed by atoms with Crippen LogP contribution in [0.15, 0.2) is 30.3 Å². The van der Waals surface area contributed by atoms with E-state index in [0.717, 1.165) is 5.56 Å². The number of carbonyl (C=O) groups is 5. The first-order valence-corrected chi connectivity index (χ1v) is 13.2. The highest BCUT2D eigenvalue weighted by atomic mass is 16.6. The molecule has 4 N–H and O–H groups in total. The highest BCUT2D eigenvalue weighted by Gasteiger charge is 2.33. The summed E-state index contributed by atoms with van der Waals surface area (Å²) in [4.78, 5) is 62.8. The lowest BCUT2D eigenvalue weighted by Crippen LogP contribution is -2.57. The first kappa shape index (κ1) is 33.4. The number of hydrogen-bond donors (Lipinski definition) is 4. The van der Waals surface area contributed by atoms with Gasteiger partial charge in [-0.05, 0) is 44.6 Å². The lowest BCUT2D eigenvalue weighted by atomic mass is 9.98. The highest BCUT2D eigenvalue weighted by molar-refractivity contribution is 5.93. The molecule has 1 aromatic carbocycles. The molecule has 0 aliphatic rings. The average Bonchev–Trinajstić information content (AvgIpc) is 2.85. The molecule has 3 amide bonds. The summed E-state index contributed by atoms with van der Waals surface area (Å²) in [6.07, 6.45) is -0.653. The van der Waals surface area contributed by atoms with Crippen molar-refractivity contribution in [2.75, 3.05) is 0 Å². The Labute approximate surface area is 230 Å². The Balaban J connectivity index is 3.00. The second-order valence-corrected chi connectivity index (χ2v) is 10.8. The van der Waals surface area contributed by atoms with Crippen LogP contribution < -0.4 is 16.0 Å². The third-order valence-corrected chi connectivity index (χ3v) is 5.90. The number of hydrogen-bond acceptors (Lipinski definition) is 7. The van der Waals surface area contributed by atoms with Crippen LogP contribution in [0.5, 0.6) is 0 Å². The van der Waals surface area contributed by atoms with E-state index in [0.29, 0.717) is 6.42 Å². The van der Waals surface area contributed by atoms with Crippen molar-refractivity contribution in [3.05, 3.63) is 35.9 Å². The van der Waals surface area contributed by atoms with Gasteiger partial charge >= 0.3 is 18.0 Å². The number of benzene rings is 1. The summed E-state index contributed by atoms with van der Waals surface area (Å²) in [5.41, 5.74) is 0.0295. The van der Waals surface area contributed by atoms with Gasteiger partial charge in [-0.3, -0.25) is 14.4 Å². The second kappa shape index (κ2) is 15.7. The van der Waals surface area contributed by atoms with Gasteiger partial charge in [-0.25, -0.2) is 9.59 Å². The lowest BCUT2D eigenvalue weighted by molar-refractivity contribution is -0.155. The van der Waals surface area contributed by atoms with Crippen molar-refractivity contribution in [1.82, 2.24) is 16.0 Å². The van der Waals surface area contributed by atoms with Gasteiger partial charge in [-0.1, -0.05) is 64.4 Å². The molecular weight excluding hydrogens is 506 g/mol. The summed E-state index contributed by atoms with van der Waals surface area (Å²) in [7, 11) is 0. The Morgan fingerprint density at radius 2 is 1.51 bits per heavy atom. The van der Waals surface area contributed by atoms with Crippen LogP contribution in [0.4, 0.5) is 4.79 Å². The normalized spacial score (nSPS) is 14.4. The van der Waals surface area contributed by atoms with Crippen LogP contribution in [0.2, 0.25) is 0 Å². The molecule has 11 nitrogen and oxygen atoms in total. The van der Waals surface area contributed by atoms with Crippen molar-refractivity contribution in [3.8, 4) is 0 Å². The number of carboxylic acids is 1. The number of rotatable bonds is 14. The standard InChI is InChI=1S/C28H43N3O8/c1-8-18(4)23(26(35)36)30-24(33)20(14-15-21(32)39-28(5,6)7)29-25(34)22(17(2)3)31-27(37)38-16-19-12-10-9-11-13-19/h9-13,17-18,20,22-23H,8,14-16H2,1-7H3,(H,29,34)(H,30,33)(H,31,37)(H,35,36)/t18?,20-,22-,23-/m0/s1. The molecule has 0 fully saturated rings. The number of amides is 3. The number of alkyl carbamates (subject to hydrolysis) is 1. The Morgan fingerprint density at radius 3 is 2.03 bits per heavy atom. The molecule has 0 saturated heterocycles. The van der Waals surface area contributed by atoms with Crippen LogP contribution in [-0.2, 0) is 35.3 Å². The van der Waals surface area contributed by atoms with Crippen molar-refractivity contribution in [2.45, 2.75) is 98.1 Å². The van der Waals surface area contributed by atoms with Gasteiger partial charge in [0.05, 0.1) is 0 Å². The molecule has 1 rings (SSSR count). The number of carbonyl (C=O) groups excluding carboxylic acids is 4. The van der Waals surface area contributed by atoms with E-state index in [1.54, 1.807) is 72.7 Å². The topological polar surface area (TPSA) is 160 Å². The monoisotopic (exact) mass is 549 g/mol. The van der Waals surface area contributed by atoms with Crippen LogP contribution >= 0.6 is 0 Å². The quantitative estimate of drug-likeness (QED) is 0.257. The molecule has 0 spiro atoms. The van der Waals surface area contributed by atoms with Crippen molar-refractivity contribution in [1.29, 1.82) is 0 Å². The van der Waals surface area contributed by atoms with Gasteiger partial charge in [0.1, 0.15) is 30.3 Å². The number of ether oxygens (including phenoxy) is 2. The molecule has 0 saturated carbocycles.